The van der Waals surface area contributed by atoms with E-state index in [-0.39, 0.29) is 6.04 Å². The van der Waals surface area contributed by atoms with E-state index in [0.29, 0.717) is 12.2 Å². The van der Waals surface area contributed by atoms with Gasteiger partial charge in [-0.2, -0.15) is 0 Å². The van der Waals surface area contributed by atoms with E-state index in [4.69, 9.17) is 5.41 Å². The molecule has 0 saturated carbocycles. The Balaban J connectivity index is 1.79. The van der Waals surface area contributed by atoms with Gasteiger partial charge in [0.1, 0.15) is 0 Å². The van der Waals surface area contributed by atoms with Crippen LogP contribution in [0.2, 0.25) is 0 Å². The number of fused-ring (bicyclic) bond motifs is 1. The predicted octanol–water partition coefficient (Wildman–Crippen LogP) is 5.70. The summed E-state index contributed by atoms with van der Waals surface area (Å²) in [6.45, 7) is 9.30. The van der Waals surface area contributed by atoms with Crippen LogP contribution in [0.25, 0.3) is 11.0 Å². The van der Waals surface area contributed by atoms with Gasteiger partial charge < -0.3 is 9.13 Å². The van der Waals surface area contributed by atoms with Gasteiger partial charge in [0.25, 0.3) is 0 Å². The average molecular weight is 384 g/mol. The molecule has 29 heavy (non-hydrogen) atoms. The zero-order valence-corrected chi connectivity index (χ0v) is 17.7. The fourth-order valence-corrected chi connectivity index (χ4v) is 4.15. The summed E-state index contributed by atoms with van der Waals surface area (Å²) in [6, 6.07) is 23.9. The maximum atomic E-state index is 9.02. The number of aryl methyl sites for hydroxylation is 3. The second kappa shape index (κ2) is 7.75. The van der Waals surface area contributed by atoms with E-state index < -0.39 is 0 Å². The number of hydrogen-bond acceptors (Lipinski definition) is 1. The highest BCUT2D eigenvalue weighted by atomic mass is 15.2. The number of imidazole rings is 1. The van der Waals surface area contributed by atoms with Gasteiger partial charge in [-0.05, 0) is 56.9 Å². The third kappa shape index (κ3) is 3.77. The van der Waals surface area contributed by atoms with Crippen LogP contribution in [-0.2, 0) is 13.0 Å². The van der Waals surface area contributed by atoms with Crippen molar-refractivity contribution in [3.8, 4) is 0 Å². The molecule has 0 aliphatic heterocycles. The lowest BCUT2D eigenvalue weighted by molar-refractivity contribution is 0.514. The van der Waals surface area contributed by atoms with Gasteiger partial charge in [-0.15, -0.1) is 0 Å². The summed E-state index contributed by atoms with van der Waals surface area (Å²) >= 11 is 0. The number of nitrogens with one attached hydrogen (secondary N) is 1. The van der Waals surface area contributed by atoms with Crippen LogP contribution in [0.15, 0.2) is 66.7 Å². The largest absolute Gasteiger partial charge is 0.307 e. The Labute approximate surface area is 172 Å². The molecule has 3 heteroatoms. The lowest BCUT2D eigenvalue weighted by atomic mass is 10.0. The van der Waals surface area contributed by atoms with Crippen molar-refractivity contribution < 1.29 is 0 Å². The third-order valence-electron chi connectivity index (χ3n) is 5.79. The summed E-state index contributed by atoms with van der Waals surface area (Å²) in [5.74, 6) is 0. The van der Waals surface area contributed by atoms with Crippen molar-refractivity contribution in [3.63, 3.8) is 0 Å². The number of para-hydroxylation sites is 1. The van der Waals surface area contributed by atoms with Crippen LogP contribution in [0, 0.1) is 26.2 Å². The topological polar surface area (TPSA) is 33.7 Å². The molecule has 0 spiro atoms. The first kappa shape index (κ1) is 19.3. The minimum absolute atomic E-state index is 0.202. The Morgan fingerprint density at radius 1 is 0.793 bits per heavy atom. The van der Waals surface area contributed by atoms with Crippen LogP contribution in [0.5, 0.6) is 0 Å². The Hall–Kier alpha value is -3.07. The molecule has 0 radical (unpaired) electrons. The predicted molar refractivity (Wildman–Crippen MR) is 120 cm³/mol. The van der Waals surface area contributed by atoms with E-state index in [1.165, 1.54) is 33.3 Å². The second-order valence-electron chi connectivity index (χ2n) is 8.25. The minimum Gasteiger partial charge on any atom is -0.307 e. The van der Waals surface area contributed by atoms with Crippen molar-refractivity contribution in [2.45, 2.75) is 46.7 Å². The first-order valence-corrected chi connectivity index (χ1v) is 10.3. The summed E-state index contributed by atoms with van der Waals surface area (Å²) in [4.78, 5) is 0. The van der Waals surface area contributed by atoms with Gasteiger partial charge >= 0.3 is 0 Å². The van der Waals surface area contributed by atoms with Gasteiger partial charge in [-0.1, -0.05) is 71.8 Å². The van der Waals surface area contributed by atoms with Crippen molar-refractivity contribution in [2.24, 2.45) is 0 Å². The Morgan fingerprint density at radius 2 is 1.38 bits per heavy atom. The fraction of sp³-hybridized carbons (Fsp3) is 0.269. The molecule has 0 aliphatic rings. The highest BCUT2D eigenvalue weighted by Gasteiger charge is 2.17. The Bertz CT molecular complexity index is 1190. The zero-order valence-electron chi connectivity index (χ0n) is 17.7. The molecule has 1 aromatic heterocycles. The molecule has 148 valence electrons. The zero-order chi connectivity index (χ0) is 20.5. The normalized spacial score (nSPS) is 12.4. The highest BCUT2D eigenvalue weighted by molar-refractivity contribution is 5.79. The van der Waals surface area contributed by atoms with Crippen LogP contribution >= 0.6 is 0 Å². The number of rotatable bonds is 5. The molecule has 1 heterocycles. The molecule has 1 atom stereocenters. The first-order valence-electron chi connectivity index (χ1n) is 10.3. The first-order chi connectivity index (χ1) is 13.9. The summed E-state index contributed by atoms with van der Waals surface area (Å²) in [7, 11) is 0. The monoisotopic (exact) mass is 383 g/mol. The van der Waals surface area contributed by atoms with Crippen molar-refractivity contribution in [1.82, 2.24) is 9.13 Å². The number of nitrogens with zero attached hydrogens (tertiary/aromatic N) is 2. The van der Waals surface area contributed by atoms with Gasteiger partial charge in [-0.25, -0.2) is 0 Å². The van der Waals surface area contributed by atoms with E-state index in [9.17, 15) is 0 Å². The molecule has 0 saturated heterocycles. The molecule has 4 aromatic rings. The Morgan fingerprint density at radius 3 is 2.00 bits per heavy atom. The molecule has 1 N–H and O–H groups in total. The van der Waals surface area contributed by atoms with E-state index in [1.807, 2.05) is 0 Å². The average Bonchev–Trinajstić information content (AvgIpc) is 2.98. The van der Waals surface area contributed by atoms with Crippen molar-refractivity contribution in [2.75, 3.05) is 0 Å². The van der Waals surface area contributed by atoms with Gasteiger partial charge in [0.2, 0.25) is 5.62 Å². The van der Waals surface area contributed by atoms with E-state index in [2.05, 4.69) is 104 Å². The summed E-state index contributed by atoms with van der Waals surface area (Å²) in [5.41, 5.74) is 9.15. The van der Waals surface area contributed by atoms with E-state index in [1.54, 1.807) is 0 Å². The Kier molecular flexibility index (Phi) is 5.14. The number of hydrogen-bond donors (Lipinski definition) is 1. The van der Waals surface area contributed by atoms with Crippen LogP contribution in [0.3, 0.4) is 0 Å². The third-order valence-corrected chi connectivity index (χ3v) is 5.79. The van der Waals surface area contributed by atoms with Crippen LogP contribution < -0.4 is 5.62 Å². The maximum Gasteiger partial charge on any atom is 0.203 e. The van der Waals surface area contributed by atoms with Crippen molar-refractivity contribution in [1.29, 1.82) is 5.41 Å². The number of aromatic nitrogens is 2. The molecule has 0 amide bonds. The summed E-state index contributed by atoms with van der Waals surface area (Å²) < 4.78 is 4.34. The quantitative estimate of drug-likeness (QED) is 0.459. The molecule has 0 fully saturated rings. The summed E-state index contributed by atoms with van der Waals surface area (Å²) in [6.07, 6.45) is 0.912. The molecule has 1 unspecified atom stereocenters. The smallest absolute Gasteiger partial charge is 0.203 e. The van der Waals surface area contributed by atoms with E-state index in [0.717, 1.165) is 11.9 Å². The minimum atomic E-state index is 0.202. The van der Waals surface area contributed by atoms with Crippen LogP contribution in [-0.4, -0.2) is 9.13 Å². The molecule has 0 bridgehead atoms. The van der Waals surface area contributed by atoms with Gasteiger partial charge in [0, 0.05) is 6.04 Å². The molecule has 3 nitrogen and oxygen atoms in total. The maximum absolute atomic E-state index is 9.02. The highest BCUT2D eigenvalue weighted by Crippen LogP contribution is 2.24. The molecular weight excluding hydrogens is 354 g/mol. The standard InChI is InChI=1S/C26H29N3/c1-18-8-12-22(13-9-18)16-21(4)29-25-20(3)6-5-7-24(25)28(26(29)27)17-23-14-10-19(2)11-15-23/h5-15,21,27H,16-17H2,1-4H3. The molecular formula is C26H29N3. The van der Waals surface area contributed by atoms with Crippen LogP contribution in [0.4, 0.5) is 0 Å². The summed E-state index contributed by atoms with van der Waals surface area (Å²) in [5, 5.41) is 9.02. The van der Waals surface area contributed by atoms with Crippen LogP contribution in [0.1, 0.15) is 40.8 Å². The number of benzene rings is 3. The second-order valence-corrected chi connectivity index (χ2v) is 8.25. The van der Waals surface area contributed by atoms with Gasteiger partial charge in [0.15, 0.2) is 0 Å². The lowest BCUT2D eigenvalue weighted by Crippen LogP contribution is -2.28. The lowest BCUT2D eigenvalue weighted by Gasteiger charge is -2.16. The SMILES string of the molecule is Cc1ccc(CC(C)n2c(=N)n(Cc3ccc(C)cc3)c3cccc(C)c32)cc1. The van der Waals surface area contributed by atoms with Gasteiger partial charge in [0.05, 0.1) is 17.6 Å². The van der Waals surface area contributed by atoms with Crippen molar-refractivity contribution >= 4 is 11.0 Å². The van der Waals surface area contributed by atoms with E-state index >= 15 is 0 Å². The molecule has 3 aromatic carbocycles. The van der Waals surface area contributed by atoms with Gasteiger partial charge in [-0.3, -0.25) is 5.41 Å². The van der Waals surface area contributed by atoms with Crippen molar-refractivity contribution in [3.05, 3.63) is 100 Å². The molecule has 0 aliphatic carbocycles. The molecule has 4 rings (SSSR count). The fourth-order valence-electron chi connectivity index (χ4n) is 4.15.